The Labute approximate surface area is 206 Å². The summed E-state index contributed by atoms with van der Waals surface area (Å²) in [6, 6.07) is 12.9. The SMILES string of the molecule is CC1Cc2cc(/C(O)=C3\C(=O)C(=O)N(Cc4ccncc4)C3c3ccc(Cl)c(Cl)c3)ccc2O1. The van der Waals surface area contributed by atoms with Crippen molar-refractivity contribution in [2.45, 2.75) is 32.0 Å². The minimum atomic E-state index is -0.841. The summed E-state index contributed by atoms with van der Waals surface area (Å²) in [6.07, 6.45) is 3.97. The van der Waals surface area contributed by atoms with Gasteiger partial charge in [0.25, 0.3) is 11.7 Å². The molecule has 0 radical (unpaired) electrons. The first-order chi connectivity index (χ1) is 16.3. The van der Waals surface area contributed by atoms with E-state index in [1.54, 1.807) is 60.9 Å². The fraction of sp³-hybridized carbons (Fsp3) is 0.192. The lowest BCUT2D eigenvalue weighted by Crippen LogP contribution is -2.29. The summed E-state index contributed by atoms with van der Waals surface area (Å²) in [5.74, 6) is -0.947. The molecule has 34 heavy (non-hydrogen) atoms. The minimum Gasteiger partial charge on any atom is -0.507 e. The van der Waals surface area contributed by atoms with Crippen molar-refractivity contribution < 1.29 is 19.4 Å². The molecule has 0 spiro atoms. The molecule has 2 unspecified atom stereocenters. The number of likely N-dealkylation sites (tertiary alicyclic amines) is 1. The number of hydrogen-bond donors (Lipinski definition) is 1. The van der Waals surface area contributed by atoms with E-state index in [2.05, 4.69) is 4.98 Å². The van der Waals surface area contributed by atoms with Gasteiger partial charge in [0, 0.05) is 30.9 Å². The summed E-state index contributed by atoms with van der Waals surface area (Å²) in [4.78, 5) is 31.8. The number of aliphatic hydroxyl groups excluding tert-OH is 1. The van der Waals surface area contributed by atoms with Crippen LogP contribution in [-0.4, -0.2) is 32.8 Å². The number of hydrogen-bond acceptors (Lipinski definition) is 5. The van der Waals surface area contributed by atoms with Crippen molar-refractivity contribution in [2.24, 2.45) is 0 Å². The molecular formula is C26H20Cl2N2O4. The summed E-state index contributed by atoms with van der Waals surface area (Å²) in [6.45, 7) is 2.12. The highest BCUT2D eigenvalue weighted by atomic mass is 35.5. The van der Waals surface area contributed by atoms with Gasteiger partial charge in [-0.25, -0.2) is 0 Å². The van der Waals surface area contributed by atoms with Crippen LogP contribution in [0, 0.1) is 0 Å². The normalized spacial score (nSPS) is 21.0. The number of halogens is 2. The molecule has 6 nitrogen and oxygen atoms in total. The third-order valence-corrected chi connectivity index (χ3v) is 6.81. The third-order valence-electron chi connectivity index (χ3n) is 6.07. The van der Waals surface area contributed by atoms with Gasteiger partial charge in [0.15, 0.2) is 0 Å². The monoisotopic (exact) mass is 494 g/mol. The van der Waals surface area contributed by atoms with Crippen molar-refractivity contribution in [3.63, 3.8) is 0 Å². The van der Waals surface area contributed by atoms with Crippen molar-refractivity contribution in [3.8, 4) is 5.75 Å². The Morgan fingerprint density at radius 1 is 1.09 bits per heavy atom. The summed E-state index contributed by atoms with van der Waals surface area (Å²) in [7, 11) is 0. The third kappa shape index (κ3) is 3.93. The highest BCUT2D eigenvalue weighted by Gasteiger charge is 2.46. The maximum Gasteiger partial charge on any atom is 0.295 e. The molecule has 0 saturated carbocycles. The smallest absolute Gasteiger partial charge is 0.295 e. The van der Waals surface area contributed by atoms with Gasteiger partial charge in [0.2, 0.25) is 0 Å². The molecule has 2 aliphatic heterocycles. The van der Waals surface area contributed by atoms with E-state index in [0.29, 0.717) is 22.6 Å². The summed E-state index contributed by atoms with van der Waals surface area (Å²) >= 11 is 12.4. The van der Waals surface area contributed by atoms with Gasteiger partial charge in [-0.2, -0.15) is 0 Å². The zero-order valence-corrected chi connectivity index (χ0v) is 19.7. The summed E-state index contributed by atoms with van der Waals surface area (Å²) < 4.78 is 5.74. The van der Waals surface area contributed by atoms with Crippen LogP contribution in [0.2, 0.25) is 10.0 Å². The van der Waals surface area contributed by atoms with E-state index in [1.165, 1.54) is 4.90 Å². The van der Waals surface area contributed by atoms with Crippen LogP contribution in [0.15, 0.2) is 66.5 Å². The van der Waals surface area contributed by atoms with Crippen LogP contribution in [0.5, 0.6) is 5.75 Å². The number of Topliss-reactive ketones (excluding diaryl/α,β-unsaturated/α-hetero) is 1. The van der Waals surface area contributed by atoms with Gasteiger partial charge in [-0.15, -0.1) is 0 Å². The molecule has 0 aliphatic carbocycles. The van der Waals surface area contributed by atoms with Crippen molar-refractivity contribution in [3.05, 3.63) is 98.8 Å². The number of nitrogens with zero attached hydrogens (tertiary/aromatic N) is 2. The van der Waals surface area contributed by atoms with Crippen LogP contribution < -0.4 is 4.74 Å². The van der Waals surface area contributed by atoms with E-state index in [-0.39, 0.29) is 29.0 Å². The fourth-order valence-corrected chi connectivity index (χ4v) is 4.79. The number of carbonyl (C=O) groups is 2. The summed E-state index contributed by atoms with van der Waals surface area (Å²) in [5.41, 5.74) is 2.76. The van der Waals surface area contributed by atoms with E-state index < -0.39 is 17.7 Å². The second-order valence-electron chi connectivity index (χ2n) is 8.41. The molecule has 1 fully saturated rings. The number of carbonyl (C=O) groups excluding carboxylic acids is 2. The molecule has 1 amide bonds. The highest BCUT2D eigenvalue weighted by Crippen LogP contribution is 2.42. The topological polar surface area (TPSA) is 79.7 Å². The van der Waals surface area contributed by atoms with Crippen LogP contribution in [0.3, 0.4) is 0 Å². The standard InChI is InChI=1S/C26H20Cl2N2O4/c1-14-10-18-11-17(3-5-21(18)34-14)24(31)22-23(16-2-4-19(27)20(28)12-16)30(26(33)25(22)32)13-15-6-8-29-9-7-15/h2-9,11-12,14,23,31H,10,13H2,1H3/b24-22+. The number of aliphatic hydroxyl groups is 1. The number of aromatic nitrogens is 1. The van der Waals surface area contributed by atoms with E-state index in [4.69, 9.17) is 27.9 Å². The first-order valence-electron chi connectivity index (χ1n) is 10.8. The molecule has 2 aliphatic rings. The molecule has 3 aromatic rings. The lowest BCUT2D eigenvalue weighted by Gasteiger charge is -2.25. The van der Waals surface area contributed by atoms with Crippen LogP contribution >= 0.6 is 23.2 Å². The Kier molecular flexibility index (Phi) is 5.80. The van der Waals surface area contributed by atoms with Gasteiger partial charge in [-0.3, -0.25) is 14.6 Å². The first-order valence-corrected chi connectivity index (χ1v) is 11.5. The minimum absolute atomic E-state index is 0.00404. The number of rotatable bonds is 4. The molecule has 1 N–H and O–H groups in total. The Bertz CT molecular complexity index is 1340. The number of fused-ring (bicyclic) bond motifs is 1. The highest BCUT2D eigenvalue weighted by molar-refractivity contribution is 6.46. The van der Waals surface area contributed by atoms with Gasteiger partial charge in [0.05, 0.1) is 21.7 Å². The quantitative estimate of drug-likeness (QED) is 0.301. The largest absolute Gasteiger partial charge is 0.507 e. The number of benzene rings is 2. The van der Waals surface area contributed by atoms with Crippen molar-refractivity contribution in [1.29, 1.82) is 0 Å². The van der Waals surface area contributed by atoms with Gasteiger partial charge in [-0.1, -0.05) is 29.3 Å². The maximum atomic E-state index is 13.2. The van der Waals surface area contributed by atoms with Crippen LogP contribution in [0.25, 0.3) is 5.76 Å². The van der Waals surface area contributed by atoms with Crippen molar-refractivity contribution in [1.82, 2.24) is 9.88 Å². The molecule has 1 saturated heterocycles. The predicted molar refractivity (Wildman–Crippen MR) is 129 cm³/mol. The van der Waals surface area contributed by atoms with E-state index >= 15 is 0 Å². The molecular weight excluding hydrogens is 475 g/mol. The predicted octanol–water partition coefficient (Wildman–Crippen LogP) is 5.33. The van der Waals surface area contributed by atoms with Crippen LogP contribution in [-0.2, 0) is 22.6 Å². The number of ether oxygens (including phenoxy) is 1. The second-order valence-corrected chi connectivity index (χ2v) is 9.23. The molecule has 8 heteroatoms. The fourth-order valence-electron chi connectivity index (χ4n) is 4.48. The lowest BCUT2D eigenvalue weighted by molar-refractivity contribution is -0.140. The van der Waals surface area contributed by atoms with Crippen LogP contribution in [0.4, 0.5) is 0 Å². The zero-order valence-electron chi connectivity index (χ0n) is 18.2. The van der Waals surface area contributed by atoms with E-state index in [9.17, 15) is 14.7 Å². The van der Waals surface area contributed by atoms with Crippen LogP contribution in [0.1, 0.15) is 35.2 Å². The van der Waals surface area contributed by atoms with Gasteiger partial charge >= 0.3 is 0 Å². The number of pyridine rings is 1. The van der Waals surface area contributed by atoms with Crippen molar-refractivity contribution in [2.75, 3.05) is 0 Å². The number of ketones is 1. The second kappa shape index (κ2) is 8.78. The Balaban J connectivity index is 1.65. The van der Waals surface area contributed by atoms with E-state index in [1.807, 2.05) is 6.92 Å². The molecule has 0 bridgehead atoms. The molecule has 2 atom stereocenters. The summed E-state index contributed by atoms with van der Waals surface area (Å²) in [5, 5.41) is 12.0. The number of amides is 1. The maximum absolute atomic E-state index is 13.2. The molecule has 3 heterocycles. The Morgan fingerprint density at radius 3 is 2.59 bits per heavy atom. The average Bonchev–Trinajstić information content (AvgIpc) is 3.32. The average molecular weight is 495 g/mol. The Morgan fingerprint density at radius 2 is 1.85 bits per heavy atom. The van der Waals surface area contributed by atoms with Crippen molar-refractivity contribution >= 4 is 40.7 Å². The molecule has 2 aromatic carbocycles. The zero-order chi connectivity index (χ0) is 24.0. The Hall–Kier alpha value is -3.35. The van der Waals surface area contributed by atoms with Gasteiger partial charge < -0.3 is 14.7 Å². The molecule has 5 rings (SSSR count). The first kappa shape index (κ1) is 22.4. The molecule has 172 valence electrons. The van der Waals surface area contributed by atoms with E-state index in [0.717, 1.165) is 16.9 Å². The lowest BCUT2D eigenvalue weighted by atomic mass is 9.94. The molecule has 1 aromatic heterocycles. The van der Waals surface area contributed by atoms with Gasteiger partial charge in [0.1, 0.15) is 17.6 Å². The van der Waals surface area contributed by atoms with Gasteiger partial charge in [-0.05, 0) is 66.1 Å².